The summed E-state index contributed by atoms with van der Waals surface area (Å²) in [7, 11) is 0. The largest absolute Gasteiger partial charge is 0.486 e. The van der Waals surface area contributed by atoms with Gasteiger partial charge < -0.3 is 14.9 Å². The van der Waals surface area contributed by atoms with Gasteiger partial charge in [0.15, 0.2) is 0 Å². The third-order valence-electron chi connectivity index (χ3n) is 2.22. The van der Waals surface area contributed by atoms with Crippen LogP contribution in [-0.4, -0.2) is 22.4 Å². The maximum atomic E-state index is 9.37. The van der Waals surface area contributed by atoms with Crippen LogP contribution in [0.1, 0.15) is 19.4 Å². The number of hydrogen-bond acceptors (Lipinski definition) is 3. The molecule has 1 rings (SSSR count). The van der Waals surface area contributed by atoms with Gasteiger partial charge in [-0.2, -0.15) is 0 Å². The highest BCUT2D eigenvalue weighted by atomic mass is 79.9. The zero-order chi connectivity index (χ0) is 12.3. The second-order valence-electron chi connectivity index (χ2n) is 3.61. The van der Waals surface area contributed by atoms with E-state index in [0.29, 0.717) is 5.75 Å². The van der Waals surface area contributed by atoms with Crippen LogP contribution >= 0.6 is 31.9 Å². The lowest BCUT2D eigenvalue weighted by molar-refractivity contribution is 0.0594. The molecule has 0 fully saturated rings. The van der Waals surface area contributed by atoms with E-state index in [9.17, 15) is 5.11 Å². The normalized spacial score (nSPS) is 14.6. The van der Waals surface area contributed by atoms with Gasteiger partial charge in [-0.3, -0.25) is 0 Å². The minimum atomic E-state index is -0.545. The number of ether oxygens (including phenoxy) is 1. The van der Waals surface area contributed by atoms with E-state index in [2.05, 4.69) is 31.9 Å². The molecular weight excluding hydrogens is 340 g/mol. The van der Waals surface area contributed by atoms with Gasteiger partial charge in [0.2, 0.25) is 0 Å². The number of hydrogen-bond donors (Lipinski definition) is 2. The molecule has 3 nitrogen and oxygen atoms in total. The highest BCUT2D eigenvalue weighted by Crippen LogP contribution is 2.35. The first-order valence-corrected chi connectivity index (χ1v) is 6.47. The van der Waals surface area contributed by atoms with Crippen LogP contribution in [0.4, 0.5) is 0 Å². The number of halogens is 2. The van der Waals surface area contributed by atoms with E-state index >= 15 is 0 Å². The summed E-state index contributed by atoms with van der Waals surface area (Å²) in [5.41, 5.74) is 0.788. The van der Waals surface area contributed by atoms with Crippen LogP contribution in [0.15, 0.2) is 21.1 Å². The van der Waals surface area contributed by atoms with E-state index in [1.165, 1.54) is 0 Å². The van der Waals surface area contributed by atoms with Crippen molar-refractivity contribution in [3.05, 3.63) is 26.6 Å². The molecule has 1 aromatic carbocycles. The summed E-state index contributed by atoms with van der Waals surface area (Å²) in [5.74, 6) is 0.630. The quantitative estimate of drug-likeness (QED) is 0.875. The van der Waals surface area contributed by atoms with E-state index in [1.807, 2.05) is 0 Å². The lowest BCUT2D eigenvalue weighted by Gasteiger charge is -2.19. The SMILES string of the molecule is CC(O)C(C)Oc1c(Br)cc(CO)cc1Br. The molecule has 90 valence electrons. The minimum Gasteiger partial charge on any atom is -0.486 e. The zero-order valence-corrected chi connectivity index (χ0v) is 12.2. The molecule has 0 bridgehead atoms. The first kappa shape index (κ1) is 14.0. The smallest absolute Gasteiger partial charge is 0.148 e. The molecule has 0 radical (unpaired) electrons. The van der Waals surface area contributed by atoms with Crippen molar-refractivity contribution in [2.75, 3.05) is 0 Å². The average Bonchev–Trinajstić information content (AvgIpc) is 2.22. The zero-order valence-electron chi connectivity index (χ0n) is 9.08. The van der Waals surface area contributed by atoms with E-state index in [4.69, 9.17) is 9.84 Å². The fourth-order valence-corrected chi connectivity index (χ4v) is 2.57. The first-order valence-electron chi connectivity index (χ1n) is 4.89. The average molecular weight is 354 g/mol. The number of aliphatic hydroxyl groups is 2. The van der Waals surface area contributed by atoms with Crippen LogP contribution in [0.25, 0.3) is 0 Å². The Morgan fingerprint density at radius 2 is 1.75 bits per heavy atom. The first-order chi connectivity index (χ1) is 7.45. The van der Waals surface area contributed by atoms with Crippen molar-refractivity contribution in [2.45, 2.75) is 32.7 Å². The second-order valence-corrected chi connectivity index (χ2v) is 5.32. The van der Waals surface area contributed by atoms with Gasteiger partial charge in [0, 0.05) is 0 Å². The van der Waals surface area contributed by atoms with E-state index < -0.39 is 6.10 Å². The Kier molecular flexibility index (Phi) is 5.24. The van der Waals surface area contributed by atoms with Crippen molar-refractivity contribution in [3.63, 3.8) is 0 Å². The van der Waals surface area contributed by atoms with Gasteiger partial charge in [0.25, 0.3) is 0 Å². The summed E-state index contributed by atoms with van der Waals surface area (Å²) in [6.45, 7) is 3.45. The summed E-state index contributed by atoms with van der Waals surface area (Å²) in [6, 6.07) is 3.57. The third-order valence-corrected chi connectivity index (χ3v) is 3.40. The molecule has 5 heteroatoms. The van der Waals surface area contributed by atoms with Crippen molar-refractivity contribution >= 4 is 31.9 Å². The highest BCUT2D eigenvalue weighted by Gasteiger charge is 2.15. The van der Waals surface area contributed by atoms with Crippen molar-refractivity contribution in [1.29, 1.82) is 0 Å². The molecule has 0 spiro atoms. The topological polar surface area (TPSA) is 49.7 Å². The third kappa shape index (κ3) is 3.45. The predicted molar refractivity (Wildman–Crippen MR) is 69.5 cm³/mol. The molecule has 0 aliphatic carbocycles. The van der Waals surface area contributed by atoms with Crippen LogP contribution in [0, 0.1) is 0 Å². The second kappa shape index (κ2) is 6.00. The van der Waals surface area contributed by atoms with Crippen molar-refractivity contribution in [1.82, 2.24) is 0 Å². The fraction of sp³-hybridized carbons (Fsp3) is 0.455. The van der Waals surface area contributed by atoms with Crippen LogP contribution in [0.5, 0.6) is 5.75 Å². The number of benzene rings is 1. The lowest BCUT2D eigenvalue weighted by atomic mass is 10.2. The van der Waals surface area contributed by atoms with Gasteiger partial charge in [0.1, 0.15) is 11.9 Å². The number of aliphatic hydroxyl groups excluding tert-OH is 2. The maximum Gasteiger partial charge on any atom is 0.148 e. The monoisotopic (exact) mass is 352 g/mol. The molecule has 16 heavy (non-hydrogen) atoms. The fourth-order valence-electron chi connectivity index (χ4n) is 1.10. The predicted octanol–water partition coefficient (Wildman–Crippen LogP) is 2.85. The standard InChI is InChI=1S/C11H14Br2O3/c1-6(15)7(2)16-11-9(12)3-8(5-14)4-10(11)13/h3-4,6-7,14-15H,5H2,1-2H3. The Labute approximate surface area is 112 Å². The summed E-state index contributed by atoms with van der Waals surface area (Å²) in [6.07, 6.45) is -0.844. The molecule has 0 aliphatic heterocycles. The van der Waals surface area contributed by atoms with Crippen LogP contribution in [0.3, 0.4) is 0 Å². The molecule has 0 heterocycles. The van der Waals surface area contributed by atoms with E-state index in [0.717, 1.165) is 14.5 Å². The van der Waals surface area contributed by atoms with Crippen molar-refractivity contribution in [3.8, 4) is 5.75 Å². The molecule has 0 aromatic heterocycles. The van der Waals surface area contributed by atoms with E-state index in [1.54, 1.807) is 26.0 Å². The van der Waals surface area contributed by atoms with Gasteiger partial charge in [-0.1, -0.05) is 0 Å². The van der Waals surface area contributed by atoms with Gasteiger partial charge >= 0.3 is 0 Å². The molecular formula is C11H14Br2O3. The molecule has 2 atom stereocenters. The number of rotatable bonds is 4. The summed E-state index contributed by atoms with van der Waals surface area (Å²) in [4.78, 5) is 0. The Bertz CT molecular complexity index is 343. The summed E-state index contributed by atoms with van der Waals surface area (Å²) in [5, 5.41) is 18.4. The summed E-state index contributed by atoms with van der Waals surface area (Å²) < 4.78 is 7.11. The summed E-state index contributed by atoms with van der Waals surface area (Å²) >= 11 is 6.74. The van der Waals surface area contributed by atoms with E-state index in [-0.39, 0.29) is 12.7 Å². The van der Waals surface area contributed by atoms with Crippen molar-refractivity contribution in [2.24, 2.45) is 0 Å². The molecule has 0 saturated heterocycles. The molecule has 0 saturated carbocycles. The molecule has 0 aliphatic rings. The van der Waals surface area contributed by atoms with Gasteiger partial charge in [-0.25, -0.2) is 0 Å². The molecule has 1 aromatic rings. The molecule has 2 unspecified atom stereocenters. The van der Waals surface area contributed by atoms with Crippen LogP contribution in [0.2, 0.25) is 0 Å². The Balaban J connectivity index is 2.96. The Morgan fingerprint density at radius 1 is 1.25 bits per heavy atom. The Hall–Kier alpha value is -0.100. The Morgan fingerprint density at radius 3 is 2.12 bits per heavy atom. The molecule has 2 N–H and O–H groups in total. The van der Waals surface area contributed by atoms with Gasteiger partial charge in [0.05, 0.1) is 21.7 Å². The minimum absolute atomic E-state index is 0.0244. The molecule has 0 amide bonds. The van der Waals surface area contributed by atoms with Crippen molar-refractivity contribution < 1.29 is 14.9 Å². The lowest BCUT2D eigenvalue weighted by Crippen LogP contribution is -2.25. The maximum absolute atomic E-state index is 9.37. The van der Waals surface area contributed by atoms with Crippen LogP contribution in [-0.2, 0) is 6.61 Å². The van der Waals surface area contributed by atoms with Crippen LogP contribution < -0.4 is 4.74 Å². The highest BCUT2D eigenvalue weighted by molar-refractivity contribution is 9.11. The van der Waals surface area contributed by atoms with Gasteiger partial charge in [-0.05, 0) is 63.4 Å². The van der Waals surface area contributed by atoms with Gasteiger partial charge in [-0.15, -0.1) is 0 Å².